The van der Waals surface area contributed by atoms with Crippen molar-refractivity contribution >= 4 is 24.2 Å². The van der Waals surface area contributed by atoms with Gasteiger partial charge < -0.3 is 15.1 Å². The third-order valence-corrected chi connectivity index (χ3v) is 5.31. The molecule has 0 atom stereocenters. The summed E-state index contributed by atoms with van der Waals surface area (Å²) in [6, 6.07) is 2.97. The summed E-state index contributed by atoms with van der Waals surface area (Å²) in [6.07, 6.45) is 3.71. The van der Waals surface area contributed by atoms with Crippen LogP contribution in [0.4, 0.5) is 8.78 Å². The molecule has 2 aliphatic rings. The zero-order chi connectivity index (χ0) is 18.5. The average Bonchev–Trinajstić information content (AvgIpc) is 2.66. The Morgan fingerprint density at radius 3 is 2.30 bits per heavy atom. The van der Waals surface area contributed by atoms with Crippen molar-refractivity contribution in [2.75, 3.05) is 39.3 Å². The maximum absolute atomic E-state index is 13.8. The molecule has 0 radical (unpaired) electrons. The standard InChI is InChI=1S/C19H25F2N3O2.ClH/c20-15-2-3-16(17(21)13-15)19(26)24-11-9-23(10-12-24)18(25)4-1-14-5-7-22-8-6-14;/h2-3,13-14,22H,1,4-12H2;1H. The predicted molar refractivity (Wildman–Crippen MR) is 101 cm³/mol. The second-order valence-electron chi connectivity index (χ2n) is 7.03. The molecule has 5 nitrogen and oxygen atoms in total. The van der Waals surface area contributed by atoms with Gasteiger partial charge in [0.15, 0.2) is 0 Å². The summed E-state index contributed by atoms with van der Waals surface area (Å²) < 4.78 is 26.8. The highest BCUT2D eigenvalue weighted by Gasteiger charge is 2.26. The van der Waals surface area contributed by atoms with E-state index < -0.39 is 17.5 Å². The van der Waals surface area contributed by atoms with Gasteiger partial charge >= 0.3 is 0 Å². The van der Waals surface area contributed by atoms with E-state index in [1.54, 1.807) is 4.90 Å². The van der Waals surface area contributed by atoms with E-state index in [4.69, 9.17) is 0 Å². The molecule has 2 saturated heterocycles. The molecular weight excluding hydrogens is 376 g/mol. The summed E-state index contributed by atoms with van der Waals surface area (Å²) in [5.74, 6) is -1.27. The fraction of sp³-hybridized carbons (Fsp3) is 0.579. The zero-order valence-electron chi connectivity index (χ0n) is 15.3. The number of amides is 2. The first kappa shape index (κ1) is 21.6. The van der Waals surface area contributed by atoms with Gasteiger partial charge in [0.25, 0.3) is 5.91 Å². The van der Waals surface area contributed by atoms with E-state index in [-0.39, 0.29) is 23.9 Å². The Bertz CT molecular complexity index is 660. The maximum Gasteiger partial charge on any atom is 0.256 e. The van der Waals surface area contributed by atoms with Crippen LogP contribution in [0.3, 0.4) is 0 Å². The molecule has 2 amide bonds. The topological polar surface area (TPSA) is 52.7 Å². The predicted octanol–water partition coefficient (Wildman–Crippen LogP) is 2.45. The number of nitrogens with zero attached hydrogens (tertiary/aromatic N) is 2. The molecule has 1 N–H and O–H groups in total. The number of piperidine rings is 1. The monoisotopic (exact) mass is 401 g/mol. The molecule has 27 heavy (non-hydrogen) atoms. The lowest BCUT2D eigenvalue weighted by Crippen LogP contribution is -2.50. The number of hydrogen-bond donors (Lipinski definition) is 1. The summed E-state index contributed by atoms with van der Waals surface area (Å²) in [6.45, 7) is 3.71. The number of piperazine rings is 1. The molecule has 2 fully saturated rings. The normalized spacial score (nSPS) is 18.1. The van der Waals surface area contributed by atoms with Gasteiger partial charge in [-0.1, -0.05) is 0 Å². The van der Waals surface area contributed by atoms with Crippen LogP contribution < -0.4 is 5.32 Å². The number of rotatable bonds is 4. The average molecular weight is 402 g/mol. The molecule has 3 rings (SSSR count). The van der Waals surface area contributed by atoms with Crippen LogP contribution in [-0.4, -0.2) is 60.9 Å². The van der Waals surface area contributed by atoms with Gasteiger partial charge in [0.1, 0.15) is 11.6 Å². The molecule has 0 spiro atoms. The van der Waals surface area contributed by atoms with Crippen molar-refractivity contribution in [3.63, 3.8) is 0 Å². The Morgan fingerprint density at radius 2 is 1.67 bits per heavy atom. The molecule has 2 aliphatic heterocycles. The fourth-order valence-corrected chi connectivity index (χ4v) is 3.65. The maximum atomic E-state index is 13.8. The minimum absolute atomic E-state index is 0. The first-order chi connectivity index (χ1) is 12.5. The molecule has 0 aliphatic carbocycles. The molecule has 0 aromatic heterocycles. The van der Waals surface area contributed by atoms with E-state index in [9.17, 15) is 18.4 Å². The van der Waals surface area contributed by atoms with Crippen LogP contribution in [-0.2, 0) is 4.79 Å². The van der Waals surface area contributed by atoms with Crippen molar-refractivity contribution in [1.82, 2.24) is 15.1 Å². The highest BCUT2D eigenvalue weighted by atomic mass is 35.5. The number of carbonyl (C=O) groups is 2. The van der Waals surface area contributed by atoms with E-state index in [1.807, 2.05) is 0 Å². The zero-order valence-corrected chi connectivity index (χ0v) is 16.1. The van der Waals surface area contributed by atoms with Crippen LogP contribution >= 0.6 is 12.4 Å². The van der Waals surface area contributed by atoms with Gasteiger partial charge in [-0.15, -0.1) is 12.4 Å². The Hall–Kier alpha value is -1.73. The minimum atomic E-state index is -0.851. The molecule has 150 valence electrons. The van der Waals surface area contributed by atoms with Crippen LogP contribution in [0.1, 0.15) is 36.0 Å². The van der Waals surface area contributed by atoms with Gasteiger partial charge in [-0.3, -0.25) is 9.59 Å². The Morgan fingerprint density at radius 1 is 1.04 bits per heavy atom. The number of benzene rings is 1. The molecule has 0 saturated carbocycles. The van der Waals surface area contributed by atoms with E-state index in [0.29, 0.717) is 44.6 Å². The molecule has 8 heteroatoms. The third-order valence-electron chi connectivity index (χ3n) is 5.31. The Labute approximate surface area is 164 Å². The lowest BCUT2D eigenvalue weighted by molar-refractivity contribution is -0.133. The second-order valence-corrected chi connectivity index (χ2v) is 7.03. The van der Waals surface area contributed by atoms with Crippen LogP contribution in [0, 0.1) is 17.6 Å². The molecule has 0 unspecified atom stereocenters. The lowest BCUT2D eigenvalue weighted by atomic mass is 9.93. The minimum Gasteiger partial charge on any atom is -0.339 e. The van der Waals surface area contributed by atoms with Crippen LogP contribution in [0.25, 0.3) is 0 Å². The Kier molecular flexibility index (Phi) is 7.98. The summed E-state index contributed by atoms with van der Waals surface area (Å²) in [4.78, 5) is 28.1. The van der Waals surface area contributed by atoms with E-state index >= 15 is 0 Å². The van der Waals surface area contributed by atoms with Crippen LogP contribution in [0.15, 0.2) is 18.2 Å². The van der Waals surface area contributed by atoms with E-state index in [1.165, 1.54) is 11.0 Å². The van der Waals surface area contributed by atoms with Crippen molar-refractivity contribution < 1.29 is 18.4 Å². The lowest BCUT2D eigenvalue weighted by Gasteiger charge is -2.35. The van der Waals surface area contributed by atoms with Gasteiger partial charge in [0.05, 0.1) is 5.56 Å². The summed E-state index contributed by atoms with van der Waals surface area (Å²) in [5, 5.41) is 3.32. The smallest absolute Gasteiger partial charge is 0.256 e. The van der Waals surface area contributed by atoms with E-state index in [2.05, 4.69) is 5.32 Å². The Balaban J connectivity index is 0.00000261. The quantitative estimate of drug-likeness (QED) is 0.843. The molecule has 0 bridgehead atoms. The van der Waals surface area contributed by atoms with Gasteiger partial charge in [-0.25, -0.2) is 8.78 Å². The van der Waals surface area contributed by atoms with Gasteiger partial charge in [0.2, 0.25) is 5.91 Å². The van der Waals surface area contributed by atoms with Crippen LogP contribution in [0.5, 0.6) is 0 Å². The summed E-state index contributed by atoms with van der Waals surface area (Å²) >= 11 is 0. The number of hydrogen-bond acceptors (Lipinski definition) is 3. The second kappa shape index (κ2) is 9.99. The third kappa shape index (κ3) is 5.62. The molecule has 1 aromatic rings. The largest absolute Gasteiger partial charge is 0.339 e. The highest BCUT2D eigenvalue weighted by Crippen LogP contribution is 2.19. The van der Waals surface area contributed by atoms with Crippen molar-refractivity contribution in [2.45, 2.75) is 25.7 Å². The van der Waals surface area contributed by atoms with Crippen molar-refractivity contribution in [3.8, 4) is 0 Å². The highest BCUT2D eigenvalue weighted by molar-refractivity contribution is 5.94. The SMILES string of the molecule is Cl.O=C(CCC1CCNCC1)N1CCN(C(=O)c2ccc(F)cc2F)CC1. The summed E-state index contributed by atoms with van der Waals surface area (Å²) in [7, 11) is 0. The number of halogens is 3. The number of nitrogens with one attached hydrogen (secondary N) is 1. The van der Waals surface area contributed by atoms with Crippen molar-refractivity contribution in [2.24, 2.45) is 5.92 Å². The number of carbonyl (C=O) groups excluding carboxylic acids is 2. The molecule has 1 aromatic carbocycles. The first-order valence-corrected chi connectivity index (χ1v) is 9.27. The van der Waals surface area contributed by atoms with E-state index in [0.717, 1.165) is 38.4 Å². The van der Waals surface area contributed by atoms with Crippen molar-refractivity contribution in [1.29, 1.82) is 0 Å². The van der Waals surface area contributed by atoms with Crippen molar-refractivity contribution in [3.05, 3.63) is 35.4 Å². The molecule has 2 heterocycles. The van der Waals surface area contributed by atoms with Crippen LogP contribution in [0.2, 0.25) is 0 Å². The van der Waals surface area contributed by atoms with Gasteiger partial charge in [-0.2, -0.15) is 0 Å². The summed E-state index contributed by atoms with van der Waals surface area (Å²) in [5.41, 5.74) is -0.128. The fourth-order valence-electron chi connectivity index (χ4n) is 3.65. The van der Waals surface area contributed by atoms with Gasteiger partial charge in [-0.05, 0) is 50.4 Å². The molecular formula is C19H26ClF2N3O2. The first-order valence-electron chi connectivity index (χ1n) is 9.27. The van der Waals surface area contributed by atoms with Gasteiger partial charge in [0, 0.05) is 38.7 Å².